The van der Waals surface area contributed by atoms with Gasteiger partial charge in [-0.05, 0) is 24.7 Å². The van der Waals surface area contributed by atoms with Crippen LogP contribution in [0.25, 0.3) is 0 Å². The molecule has 0 amide bonds. The maximum atomic E-state index is 5.16. The Hall–Kier alpha value is -1.06. The van der Waals surface area contributed by atoms with Gasteiger partial charge in [0.25, 0.3) is 0 Å². The average Bonchev–Trinajstić information content (AvgIpc) is 2.26. The smallest absolute Gasteiger partial charge is 0.211 e. The summed E-state index contributed by atoms with van der Waals surface area (Å²) in [5.41, 5.74) is 11.8. The van der Waals surface area contributed by atoms with E-state index >= 15 is 0 Å². The van der Waals surface area contributed by atoms with Gasteiger partial charge in [0.1, 0.15) is 0 Å². The van der Waals surface area contributed by atoms with Gasteiger partial charge in [-0.1, -0.05) is 13.8 Å². The largest absolute Gasteiger partial charge is 0.369 e. The van der Waals surface area contributed by atoms with E-state index in [0.29, 0.717) is 5.41 Å². The maximum absolute atomic E-state index is 5.16. The van der Waals surface area contributed by atoms with Crippen molar-refractivity contribution in [1.29, 1.82) is 0 Å². The highest BCUT2D eigenvalue weighted by atomic mass is 15.3. The summed E-state index contributed by atoms with van der Waals surface area (Å²) in [6.45, 7) is 4.45. The Kier molecular flexibility index (Phi) is 2.35. The molecular formula is C8H16N4. The lowest BCUT2D eigenvalue weighted by molar-refractivity contribution is 0.393. The maximum Gasteiger partial charge on any atom is 0.211 e. The lowest BCUT2D eigenvalue weighted by Crippen LogP contribution is -2.22. The van der Waals surface area contributed by atoms with E-state index in [4.69, 9.17) is 11.5 Å². The molecule has 1 aliphatic rings. The van der Waals surface area contributed by atoms with E-state index in [9.17, 15) is 0 Å². The molecule has 0 aromatic carbocycles. The van der Waals surface area contributed by atoms with Crippen molar-refractivity contribution < 1.29 is 0 Å². The molecule has 0 aromatic heterocycles. The normalized spacial score (nSPS) is 24.3. The molecule has 4 N–H and O–H groups in total. The van der Waals surface area contributed by atoms with Crippen LogP contribution in [0.2, 0.25) is 0 Å². The molecule has 0 aliphatic heterocycles. The Bertz CT molecular complexity index is 223. The number of guanidine groups is 1. The molecule has 4 nitrogen and oxygen atoms in total. The van der Waals surface area contributed by atoms with E-state index in [-0.39, 0.29) is 5.96 Å². The Morgan fingerprint density at radius 3 is 2.50 bits per heavy atom. The molecule has 1 rings (SSSR count). The molecule has 0 bridgehead atoms. The number of hydrogen-bond acceptors (Lipinski definition) is 2. The lowest BCUT2D eigenvalue weighted by Gasteiger charge is -2.13. The first kappa shape index (κ1) is 9.03. The summed E-state index contributed by atoms with van der Waals surface area (Å²) in [7, 11) is 0. The number of hydrogen-bond donors (Lipinski definition) is 2. The van der Waals surface area contributed by atoms with Crippen LogP contribution in [0, 0.1) is 5.41 Å². The SMILES string of the molecule is CC1(C)CCC(=NN=C(N)N)C1. The van der Waals surface area contributed by atoms with Gasteiger partial charge >= 0.3 is 0 Å². The summed E-state index contributed by atoms with van der Waals surface area (Å²) in [5, 5.41) is 7.61. The summed E-state index contributed by atoms with van der Waals surface area (Å²) < 4.78 is 0. The second-order valence-corrected chi connectivity index (χ2v) is 4.03. The van der Waals surface area contributed by atoms with Crippen LogP contribution in [0.15, 0.2) is 10.2 Å². The summed E-state index contributed by atoms with van der Waals surface area (Å²) in [6.07, 6.45) is 3.19. The van der Waals surface area contributed by atoms with Crippen LogP contribution in [0.5, 0.6) is 0 Å². The predicted molar refractivity (Wildman–Crippen MR) is 50.9 cm³/mol. The topological polar surface area (TPSA) is 76.8 Å². The minimum Gasteiger partial charge on any atom is -0.369 e. The molecule has 0 aromatic rings. The fourth-order valence-electron chi connectivity index (χ4n) is 1.43. The Morgan fingerprint density at radius 1 is 1.42 bits per heavy atom. The number of rotatable bonds is 1. The molecule has 0 unspecified atom stereocenters. The predicted octanol–water partition coefficient (Wildman–Crippen LogP) is 0.826. The molecule has 0 atom stereocenters. The molecule has 1 saturated carbocycles. The average molecular weight is 168 g/mol. The van der Waals surface area contributed by atoms with Crippen LogP contribution in [0.1, 0.15) is 33.1 Å². The third kappa shape index (κ3) is 2.53. The summed E-state index contributed by atoms with van der Waals surface area (Å²) in [4.78, 5) is 0. The van der Waals surface area contributed by atoms with Crippen LogP contribution in [0.3, 0.4) is 0 Å². The van der Waals surface area contributed by atoms with Gasteiger partial charge in [-0.2, -0.15) is 5.10 Å². The summed E-state index contributed by atoms with van der Waals surface area (Å²) in [5.74, 6) is 0.0345. The van der Waals surface area contributed by atoms with E-state index in [1.165, 1.54) is 6.42 Å². The zero-order chi connectivity index (χ0) is 9.19. The van der Waals surface area contributed by atoms with E-state index in [1.807, 2.05) is 0 Å². The third-order valence-electron chi connectivity index (χ3n) is 2.08. The minimum absolute atomic E-state index is 0.0345. The van der Waals surface area contributed by atoms with Gasteiger partial charge in [0.2, 0.25) is 5.96 Å². The monoisotopic (exact) mass is 168 g/mol. The van der Waals surface area contributed by atoms with Crippen LogP contribution in [0.4, 0.5) is 0 Å². The highest BCUT2D eigenvalue weighted by Gasteiger charge is 2.27. The third-order valence-corrected chi connectivity index (χ3v) is 2.08. The number of nitrogens with two attached hydrogens (primary N) is 2. The standard InChI is InChI=1S/C8H16N4/c1-8(2)4-3-6(5-8)11-12-7(9)10/h3-5H2,1-2H3,(H4,9,10,12). The Morgan fingerprint density at radius 2 is 2.08 bits per heavy atom. The van der Waals surface area contributed by atoms with Crippen molar-refractivity contribution in [2.75, 3.05) is 0 Å². The molecule has 1 fully saturated rings. The molecule has 4 heteroatoms. The fraction of sp³-hybridized carbons (Fsp3) is 0.750. The second kappa shape index (κ2) is 3.13. The fourth-order valence-corrected chi connectivity index (χ4v) is 1.43. The molecule has 0 radical (unpaired) electrons. The Labute approximate surface area is 72.7 Å². The van der Waals surface area contributed by atoms with Crippen molar-refractivity contribution >= 4 is 11.7 Å². The summed E-state index contributed by atoms with van der Waals surface area (Å²) in [6, 6.07) is 0. The van der Waals surface area contributed by atoms with Crippen molar-refractivity contribution in [3.05, 3.63) is 0 Å². The van der Waals surface area contributed by atoms with E-state index in [1.54, 1.807) is 0 Å². The molecule has 1 aliphatic carbocycles. The molecule has 0 saturated heterocycles. The molecule has 0 spiro atoms. The van der Waals surface area contributed by atoms with Crippen molar-refractivity contribution in [3.63, 3.8) is 0 Å². The minimum atomic E-state index is 0.0345. The highest BCUT2D eigenvalue weighted by Crippen LogP contribution is 2.34. The first-order valence-corrected chi connectivity index (χ1v) is 4.14. The van der Waals surface area contributed by atoms with Crippen molar-refractivity contribution in [2.45, 2.75) is 33.1 Å². The molecular weight excluding hydrogens is 152 g/mol. The first-order chi connectivity index (χ1) is 5.49. The van der Waals surface area contributed by atoms with Crippen molar-refractivity contribution in [3.8, 4) is 0 Å². The molecule has 0 heterocycles. The van der Waals surface area contributed by atoms with Crippen LogP contribution in [-0.2, 0) is 0 Å². The highest BCUT2D eigenvalue weighted by molar-refractivity contribution is 5.87. The van der Waals surface area contributed by atoms with Crippen LogP contribution < -0.4 is 11.5 Å². The zero-order valence-corrected chi connectivity index (χ0v) is 7.67. The van der Waals surface area contributed by atoms with Gasteiger partial charge in [0.15, 0.2) is 0 Å². The molecule has 12 heavy (non-hydrogen) atoms. The van der Waals surface area contributed by atoms with E-state index < -0.39 is 0 Å². The van der Waals surface area contributed by atoms with Crippen LogP contribution in [-0.4, -0.2) is 11.7 Å². The number of nitrogens with zero attached hydrogens (tertiary/aromatic N) is 2. The second-order valence-electron chi connectivity index (χ2n) is 4.03. The van der Waals surface area contributed by atoms with Gasteiger partial charge in [-0.15, -0.1) is 5.10 Å². The lowest BCUT2D eigenvalue weighted by atomic mass is 9.92. The van der Waals surface area contributed by atoms with Crippen molar-refractivity contribution in [2.24, 2.45) is 27.1 Å². The van der Waals surface area contributed by atoms with Crippen LogP contribution >= 0.6 is 0 Å². The van der Waals surface area contributed by atoms with E-state index in [0.717, 1.165) is 18.6 Å². The van der Waals surface area contributed by atoms with Gasteiger partial charge in [0, 0.05) is 5.71 Å². The van der Waals surface area contributed by atoms with Gasteiger partial charge in [-0.3, -0.25) is 0 Å². The first-order valence-electron chi connectivity index (χ1n) is 4.14. The van der Waals surface area contributed by atoms with Gasteiger partial charge < -0.3 is 11.5 Å². The quantitative estimate of drug-likeness (QED) is 0.345. The van der Waals surface area contributed by atoms with E-state index in [2.05, 4.69) is 24.1 Å². The Balaban J connectivity index is 2.58. The van der Waals surface area contributed by atoms with Crippen molar-refractivity contribution in [1.82, 2.24) is 0 Å². The van der Waals surface area contributed by atoms with Gasteiger partial charge in [-0.25, -0.2) is 0 Å². The molecule has 68 valence electrons. The van der Waals surface area contributed by atoms with Gasteiger partial charge in [0.05, 0.1) is 0 Å². The summed E-state index contributed by atoms with van der Waals surface area (Å²) >= 11 is 0. The zero-order valence-electron chi connectivity index (χ0n) is 7.67.